The molecule has 4 aromatic rings. The molecule has 0 bridgehead atoms. The third-order valence-corrected chi connectivity index (χ3v) is 7.71. The number of unbranched alkanes of at least 4 members (excludes halogenated alkanes) is 3. The van der Waals surface area contributed by atoms with Crippen LogP contribution >= 0.6 is 0 Å². The lowest BCUT2D eigenvalue weighted by Gasteiger charge is -2.36. The number of carbonyl (C=O) groups excluding carboxylic acids is 2. The number of nitrogens with one attached hydrogen (secondary N) is 1. The van der Waals surface area contributed by atoms with E-state index in [2.05, 4.69) is 34.3 Å². The van der Waals surface area contributed by atoms with E-state index >= 15 is 0 Å². The number of para-hydroxylation sites is 1. The normalized spacial score (nSPS) is 13.3. The van der Waals surface area contributed by atoms with Gasteiger partial charge in [0.05, 0.1) is 12.6 Å². The molecule has 41 heavy (non-hydrogen) atoms. The third-order valence-electron chi connectivity index (χ3n) is 7.71. The van der Waals surface area contributed by atoms with Crippen molar-refractivity contribution in [3.8, 4) is 5.75 Å². The van der Waals surface area contributed by atoms with Gasteiger partial charge in [-0.25, -0.2) is 4.98 Å². The lowest BCUT2D eigenvalue weighted by Crippen LogP contribution is -2.49. The number of ether oxygens (including phenoxy) is 1. The molecule has 1 aliphatic rings. The highest BCUT2D eigenvalue weighted by molar-refractivity contribution is 6.04. The molecular formula is C34H38N4O3. The van der Waals surface area contributed by atoms with Crippen LogP contribution in [0.1, 0.15) is 59.0 Å². The van der Waals surface area contributed by atoms with Crippen molar-refractivity contribution in [2.24, 2.45) is 0 Å². The molecule has 1 aromatic heterocycles. The number of fused-ring (bicyclic) bond motifs is 1. The second kappa shape index (κ2) is 13.3. The fourth-order valence-corrected chi connectivity index (χ4v) is 5.29. The predicted molar refractivity (Wildman–Crippen MR) is 165 cm³/mol. The van der Waals surface area contributed by atoms with E-state index in [0.29, 0.717) is 43.2 Å². The standard InChI is InChI=1S/C34H38N4O3/c1-3-4-5-6-9-25-12-14-26(15-13-25)33(39)35-27-16-18-28(19-17-27)37-20-22-38(23-21-37)34(40)31-24-32(41-2)29-10-7-8-11-30(29)36-31/h7-8,10-19,24H,3-6,9,20-23H2,1-2H3,(H,35,39). The maximum Gasteiger partial charge on any atom is 0.272 e. The highest BCUT2D eigenvalue weighted by Crippen LogP contribution is 2.26. The molecule has 1 fully saturated rings. The van der Waals surface area contributed by atoms with Crippen LogP contribution < -0.4 is 15.0 Å². The molecule has 2 amide bonds. The van der Waals surface area contributed by atoms with Gasteiger partial charge in [-0.2, -0.15) is 0 Å². The largest absolute Gasteiger partial charge is 0.496 e. The van der Waals surface area contributed by atoms with Gasteiger partial charge in [-0.3, -0.25) is 9.59 Å². The van der Waals surface area contributed by atoms with Crippen molar-refractivity contribution in [1.29, 1.82) is 0 Å². The first kappa shape index (κ1) is 28.1. The van der Waals surface area contributed by atoms with Crippen molar-refractivity contribution in [2.45, 2.75) is 39.0 Å². The second-order valence-electron chi connectivity index (χ2n) is 10.5. The van der Waals surface area contributed by atoms with Crippen molar-refractivity contribution in [1.82, 2.24) is 9.88 Å². The summed E-state index contributed by atoms with van der Waals surface area (Å²) >= 11 is 0. The summed E-state index contributed by atoms with van der Waals surface area (Å²) in [4.78, 5) is 34.7. The molecule has 3 aromatic carbocycles. The number of carbonyl (C=O) groups is 2. The zero-order valence-corrected chi connectivity index (χ0v) is 23.9. The van der Waals surface area contributed by atoms with Crippen molar-refractivity contribution in [3.05, 3.63) is 95.7 Å². The van der Waals surface area contributed by atoms with Gasteiger partial charge in [0.1, 0.15) is 11.4 Å². The number of hydrogen-bond acceptors (Lipinski definition) is 5. The van der Waals surface area contributed by atoms with Gasteiger partial charge < -0.3 is 19.9 Å². The van der Waals surface area contributed by atoms with Crippen LogP contribution in [-0.4, -0.2) is 55.0 Å². The van der Waals surface area contributed by atoms with E-state index < -0.39 is 0 Å². The number of hydrogen-bond donors (Lipinski definition) is 1. The Balaban J connectivity index is 1.14. The average Bonchev–Trinajstić information content (AvgIpc) is 3.03. The van der Waals surface area contributed by atoms with Crippen LogP contribution in [0.2, 0.25) is 0 Å². The molecule has 0 unspecified atom stereocenters. The Morgan fingerprint density at radius 2 is 1.61 bits per heavy atom. The lowest BCUT2D eigenvalue weighted by atomic mass is 10.0. The Hall–Kier alpha value is -4.39. The SMILES string of the molecule is CCCCCCc1ccc(C(=O)Nc2ccc(N3CCN(C(=O)c4cc(OC)c5ccccc5n4)CC3)cc2)cc1. The fourth-order valence-electron chi connectivity index (χ4n) is 5.29. The summed E-state index contributed by atoms with van der Waals surface area (Å²) in [5.41, 5.74) is 4.90. The van der Waals surface area contributed by atoms with E-state index in [4.69, 9.17) is 4.74 Å². The lowest BCUT2D eigenvalue weighted by molar-refractivity contribution is 0.0740. The van der Waals surface area contributed by atoms with Crippen LogP contribution in [0.5, 0.6) is 5.75 Å². The highest BCUT2D eigenvalue weighted by atomic mass is 16.5. The van der Waals surface area contributed by atoms with Gasteiger partial charge in [-0.05, 0) is 66.9 Å². The van der Waals surface area contributed by atoms with E-state index in [0.717, 1.165) is 28.7 Å². The highest BCUT2D eigenvalue weighted by Gasteiger charge is 2.24. The number of anilines is 2. The van der Waals surface area contributed by atoms with Gasteiger partial charge in [-0.15, -0.1) is 0 Å². The van der Waals surface area contributed by atoms with Gasteiger partial charge in [0.15, 0.2) is 0 Å². The van der Waals surface area contributed by atoms with E-state index in [1.807, 2.05) is 65.6 Å². The summed E-state index contributed by atoms with van der Waals surface area (Å²) in [6, 6.07) is 25.2. The molecule has 0 atom stereocenters. The van der Waals surface area contributed by atoms with E-state index in [9.17, 15) is 9.59 Å². The molecule has 0 radical (unpaired) electrons. The zero-order chi connectivity index (χ0) is 28.6. The molecular weight excluding hydrogens is 512 g/mol. The molecule has 1 N–H and O–H groups in total. The minimum atomic E-state index is -0.110. The molecule has 7 heteroatoms. The summed E-state index contributed by atoms with van der Waals surface area (Å²) in [5, 5.41) is 3.89. The van der Waals surface area contributed by atoms with Gasteiger partial charge in [0.25, 0.3) is 11.8 Å². The number of benzene rings is 3. The van der Waals surface area contributed by atoms with Crippen LogP contribution in [-0.2, 0) is 6.42 Å². The number of nitrogens with zero attached hydrogens (tertiary/aromatic N) is 3. The molecule has 0 spiro atoms. The molecule has 0 saturated carbocycles. The third kappa shape index (κ3) is 6.85. The van der Waals surface area contributed by atoms with E-state index in [1.54, 1.807) is 13.2 Å². The van der Waals surface area contributed by atoms with Crippen molar-refractivity contribution < 1.29 is 14.3 Å². The molecule has 2 heterocycles. The minimum absolute atomic E-state index is 0.0868. The van der Waals surface area contributed by atoms with Crippen molar-refractivity contribution >= 4 is 34.1 Å². The fraction of sp³-hybridized carbons (Fsp3) is 0.324. The van der Waals surface area contributed by atoms with Crippen LogP contribution in [0.3, 0.4) is 0 Å². The summed E-state index contributed by atoms with van der Waals surface area (Å²) in [6.07, 6.45) is 6.00. The number of pyridine rings is 1. The summed E-state index contributed by atoms with van der Waals surface area (Å²) in [6.45, 7) is 4.85. The van der Waals surface area contributed by atoms with Crippen LogP contribution in [0.25, 0.3) is 10.9 Å². The Bertz CT molecular complexity index is 1480. The number of methoxy groups -OCH3 is 1. The Kier molecular flexibility index (Phi) is 9.14. The summed E-state index contributed by atoms with van der Waals surface area (Å²) < 4.78 is 5.52. The molecule has 5 rings (SSSR count). The molecule has 1 aliphatic heterocycles. The Morgan fingerprint density at radius 3 is 2.32 bits per heavy atom. The summed E-state index contributed by atoms with van der Waals surface area (Å²) in [5.74, 6) is 0.456. The molecule has 1 saturated heterocycles. The van der Waals surface area contributed by atoms with Crippen LogP contribution in [0.4, 0.5) is 11.4 Å². The van der Waals surface area contributed by atoms with E-state index in [1.165, 1.54) is 31.2 Å². The van der Waals surface area contributed by atoms with Crippen LogP contribution in [0, 0.1) is 0 Å². The zero-order valence-electron chi connectivity index (χ0n) is 23.9. The summed E-state index contributed by atoms with van der Waals surface area (Å²) in [7, 11) is 1.61. The number of aryl methyl sites for hydroxylation is 1. The van der Waals surface area contributed by atoms with E-state index in [-0.39, 0.29) is 11.8 Å². The maximum atomic E-state index is 13.3. The smallest absolute Gasteiger partial charge is 0.272 e. The molecule has 7 nitrogen and oxygen atoms in total. The predicted octanol–water partition coefficient (Wildman–Crippen LogP) is 6.58. The number of rotatable bonds is 10. The van der Waals surface area contributed by atoms with Gasteiger partial charge >= 0.3 is 0 Å². The first-order valence-corrected chi connectivity index (χ1v) is 14.5. The molecule has 0 aliphatic carbocycles. The van der Waals surface area contributed by atoms with Gasteiger partial charge in [-0.1, -0.05) is 50.5 Å². The van der Waals surface area contributed by atoms with Crippen molar-refractivity contribution in [2.75, 3.05) is 43.5 Å². The first-order chi connectivity index (χ1) is 20.1. The second-order valence-corrected chi connectivity index (χ2v) is 10.5. The average molecular weight is 551 g/mol. The number of aromatic nitrogens is 1. The van der Waals surface area contributed by atoms with Crippen LogP contribution in [0.15, 0.2) is 78.9 Å². The molecule has 212 valence electrons. The Morgan fingerprint density at radius 1 is 0.878 bits per heavy atom. The topological polar surface area (TPSA) is 74.8 Å². The van der Waals surface area contributed by atoms with Crippen molar-refractivity contribution in [3.63, 3.8) is 0 Å². The monoisotopic (exact) mass is 550 g/mol. The maximum absolute atomic E-state index is 13.3. The van der Waals surface area contributed by atoms with Gasteiger partial charge in [0.2, 0.25) is 0 Å². The minimum Gasteiger partial charge on any atom is -0.496 e. The first-order valence-electron chi connectivity index (χ1n) is 14.5. The Labute approximate surface area is 242 Å². The number of piperazine rings is 1. The van der Waals surface area contributed by atoms with Gasteiger partial charge in [0, 0.05) is 54.6 Å². The number of amides is 2. The quantitative estimate of drug-likeness (QED) is 0.226.